The second kappa shape index (κ2) is 4.94. The van der Waals surface area contributed by atoms with Gasteiger partial charge in [0.2, 0.25) is 0 Å². The summed E-state index contributed by atoms with van der Waals surface area (Å²) < 4.78 is 4.46. The van der Waals surface area contributed by atoms with Gasteiger partial charge in [0.15, 0.2) is 6.61 Å². The van der Waals surface area contributed by atoms with Gasteiger partial charge >= 0.3 is 5.97 Å². The number of ether oxygens (including phenoxy) is 1. The number of esters is 1. The van der Waals surface area contributed by atoms with E-state index in [1.807, 2.05) is 0 Å². The molecule has 0 saturated heterocycles. The van der Waals surface area contributed by atoms with Gasteiger partial charge in [0.25, 0.3) is 5.91 Å². The van der Waals surface area contributed by atoms with E-state index in [-0.39, 0.29) is 18.2 Å². The van der Waals surface area contributed by atoms with Crippen LogP contribution in [-0.4, -0.2) is 28.6 Å². The third kappa shape index (κ3) is 4.08. The molecule has 0 fully saturated rings. The van der Waals surface area contributed by atoms with Crippen molar-refractivity contribution in [2.75, 3.05) is 11.9 Å². The summed E-state index contributed by atoms with van der Waals surface area (Å²) in [6.45, 7) is 0.840. The van der Waals surface area contributed by atoms with Gasteiger partial charge in [-0.25, -0.2) is 4.98 Å². The van der Waals surface area contributed by atoms with Crippen LogP contribution in [0.2, 0.25) is 0 Å². The lowest BCUT2D eigenvalue weighted by Gasteiger charge is -2.04. The van der Waals surface area contributed by atoms with Crippen LogP contribution < -0.4 is 5.32 Å². The Bertz CT molecular complexity index is 378. The Labute approximate surface area is 85.9 Å². The number of hydrogen-bond donors (Lipinski definition) is 2. The van der Waals surface area contributed by atoms with Crippen LogP contribution in [0.4, 0.5) is 5.82 Å². The molecule has 1 rings (SSSR count). The summed E-state index contributed by atoms with van der Waals surface area (Å²) in [4.78, 5) is 25.3. The van der Waals surface area contributed by atoms with E-state index in [2.05, 4.69) is 15.0 Å². The molecule has 2 N–H and O–H groups in total. The molecule has 1 aromatic heterocycles. The molecule has 0 atom stereocenters. The molecule has 0 aliphatic heterocycles. The first-order valence-electron chi connectivity index (χ1n) is 4.16. The van der Waals surface area contributed by atoms with E-state index in [0.717, 1.165) is 0 Å². The third-order valence-electron chi connectivity index (χ3n) is 1.42. The molecule has 0 spiro atoms. The predicted octanol–water partition coefficient (Wildman–Crippen LogP) is 0.289. The van der Waals surface area contributed by atoms with Gasteiger partial charge in [-0.1, -0.05) is 0 Å². The number of aromatic hydroxyl groups is 1. The fourth-order valence-electron chi connectivity index (χ4n) is 0.834. The van der Waals surface area contributed by atoms with E-state index >= 15 is 0 Å². The second-order valence-corrected chi connectivity index (χ2v) is 2.73. The van der Waals surface area contributed by atoms with E-state index in [4.69, 9.17) is 5.11 Å². The zero-order chi connectivity index (χ0) is 11.3. The molecule has 0 unspecified atom stereocenters. The molecule has 0 radical (unpaired) electrons. The van der Waals surface area contributed by atoms with E-state index in [9.17, 15) is 9.59 Å². The number of anilines is 1. The van der Waals surface area contributed by atoms with Crippen molar-refractivity contribution in [2.24, 2.45) is 0 Å². The van der Waals surface area contributed by atoms with Gasteiger partial charge in [-0.05, 0) is 6.07 Å². The van der Waals surface area contributed by atoms with Crippen LogP contribution in [0.15, 0.2) is 18.3 Å². The fourth-order valence-corrected chi connectivity index (χ4v) is 0.834. The van der Waals surface area contributed by atoms with Crippen molar-refractivity contribution < 1.29 is 19.4 Å². The summed E-state index contributed by atoms with van der Waals surface area (Å²) >= 11 is 0. The average Bonchev–Trinajstić information content (AvgIpc) is 2.15. The molecule has 1 amide bonds. The molecule has 0 aliphatic carbocycles. The Morgan fingerprint density at radius 1 is 1.60 bits per heavy atom. The van der Waals surface area contributed by atoms with Crippen LogP contribution in [0.5, 0.6) is 5.75 Å². The van der Waals surface area contributed by atoms with E-state index in [1.54, 1.807) is 0 Å². The number of rotatable bonds is 3. The molecule has 6 nitrogen and oxygen atoms in total. The highest BCUT2D eigenvalue weighted by Crippen LogP contribution is 2.11. The number of nitrogens with zero attached hydrogens (tertiary/aromatic N) is 1. The minimum absolute atomic E-state index is 0.00668. The van der Waals surface area contributed by atoms with Gasteiger partial charge in [0.05, 0.1) is 0 Å². The maximum Gasteiger partial charge on any atom is 0.303 e. The molecule has 0 saturated carbocycles. The SMILES string of the molecule is CC(=O)OCC(=O)Nc1cc(O)ccn1. The van der Waals surface area contributed by atoms with Gasteiger partial charge in [-0.15, -0.1) is 0 Å². The Morgan fingerprint density at radius 2 is 2.33 bits per heavy atom. The molecule has 6 heteroatoms. The van der Waals surface area contributed by atoms with Crippen molar-refractivity contribution in [1.29, 1.82) is 0 Å². The van der Waals surface area contributed by atoms with Crippen LogP contribution >= 0.6 is 0 Å². The van der Waals surface area contributed by atoms with Crippen molar-refractivity contribution >= 4 is 17.7 Å². The first-order chi connectivity index (χ1) is 7.08. The molecule has 1 heterocycles. The topological polar surface area (TPSA) is 88.5 Å². The number of carbonyl (C=O) groups excluding carboxylic acids is 2. The highest BCUT2D eigenvalue weighted by Gasteiger charge is 2.05. The summed E-state index contributed by atoms with van der Waals surface area (Å²) in [5.41, 5.74) is 0. The monoisotopic (exact) mass is 210 g/mol. The number of amides is 1. The first-order valence-corrected chi connectivity index (χ1v) is 4.16. The predicted molar refractivity (Wildman–Crippen MR) is 51.2 cm³/mol. The number of aromatic nitrogens is 1. The summed E-state index contributed by atoms with van der Waals surface area (Å²) in [6, 6.07) is 2.66. The molecular weight excluding hydrogens is 200 g/mol. The van der Waals surface area contributed by atoms with Crippen LogP contribution in [0.25, 0.3) is 0 Å². The van der Waals surface area contributed by atoms with Gasteiger partial charge < -0.3 is 15.2 Å². The quantitative estimate of drug-likeness (QED) is 0.700. The Balaban J connectivity index is 2.48. The largest absolute Gasteiger partial charge is 0.508 e. The summed E-state index contributed by atoms with van der Waals surface area (Å²) in [5.74, 6) is -0.850. The first kappa shape index (κ1) is 11.0. The highest BCUT2D eigenvalue weighted by atomic mass is 16.5. The molecule has 0 bridgehead atoms. The van der Waals surface area contributed by atoms with Crippen molar-refractivity contribution in [3.05, 3.63) is 18.3 Å². The zero-order valence-electron chi connectivity index (χ0n) is 8.06. The zero-order valence-corrected chi connectivity index (χ0v) is 8.06. The lowest BCUT2D eigenvalue weighted by molar-refractivity contribution is -0.144. The Kier molecular flexibility index (Phi) is 3.61. The fraction of sp³-hybridized carbons (Fsp3) is 0.222. The summed E-state index contributed by atoms with van der Waals surface area (Å²) in [6.07, 6.45) is 1.34. The minimum atomic E-state index is -0.533. The number of nitrogens with one attached hydrogen (secondary N) is 1. The molecule has 15 heavy (non-hydrogen) atoms. The van der Waals surface area contributed by atoms with E-state index in [1.165, 1.54) is 25.3 Å². The van der Waals surface area contributed by atoms with Gasteiger partial charge in [-0.2, -0.15) is 0 Å². The normalized spacial score (nSPS) is 9.40. The smallest absolute Gasteiger partial charge is 0.303 e. The minimum Gasteiger partial charge on any atom is -0.508 e. The lowest BCUT2D eigenvalue weighted by atomic mass is 10.4. The Morgan fingerprint density at radius 3 is 2.93 bits per heavy atom. The van der Waals surface area contributed by atoms with Crippen LogP contribution in [0, 0.1) is 0 Å². The Hall–Kier alpha value is -2.11. The lowest BCUT2D eigenvalue weighted by Crippen LogP contribution is -2.20. The summed E-state index contributed by atoms with van der Waals surface area (Å²) in [7, 11) is 0. The van der Waals surface area contributed by atoms with Crippen molar-refractivity contribution in [3.8, 4) is 5.75 Å². The number of hydrogen-bond acceptors (Lipinski definition) is 5. The maximum atomic E-state index is 11.1. The van der Waals surface area contributed by atoms with E-state index in [0.29, 0.717) is 0 Å². The number of carbonyl (C=O) groups is 2. The molecule has 0 aromatic carbocycles. The molecule has 1 aromatic rings. The van der Waals surface area contributed by atoms with Crippen LogP contribution in [0.3, 0.4) is 0 Å². The molecule has 80 valence electrons. The molecular formula is C9H10N2O4. The highest BCUT2D eigenvalue weighted by molar-refractivity contribution is 5.91. The van der Waals surface area contributed by atoms with Gasteiger partial charge in [0.1, 0.15) is 11.6 Å². The van der Waals surface area contributed by atoms with Crippen LogP contribution in [0.1, 0.15) is 6.92 Å². The van der Waals surface area contributed by atoms with Gasteiger partial charge in [0, 0.05) is 19.2 Å². The maximum absolute atomic E-state index is 11.1. The van der Waals surface area contributed by atoms with Gasteiger partial charge in [-0.3, -0.25) is 9.59 Å². The second-order valence-electron chi connectivity index (χ2n) is 2.73. The van der Waals surface area contributed by atoms with Crippen molar-refractivity contribution in [3.63, 3.8) is 0 Å². The molecule has 0 aliphatic rings. The van der Waals surface area contributed by atoms with Crippen molar-refractivity contribution in [1.82, 2.24) is 4.98 Å². The van der Waals surface area contributed by atoms with Crippen LogP contribution in [-0.2, 0) is 14.3 Å². The van der Waals surface area contributed by atoms with Crippen molar-refractivity contribution in [2.45, 2.75) is 6.92 Å². The average molecular weight is 210 g/mol. The number of pyridine rings is 1. The standard InChI is InChI=1S/C9H10N2O4/c1-6(12)15-5-9(14)11-8-4-7(13)2-3-10-8/h2-4H,5H2,1H3,(H2,10,11,13,14). The third-order valence-corrected chi connectivity index (χ3v) is 1.42. The summed E-state index contributed by atoms with van der Waals surface area (Å²) in [5, 5.41) is 11.4. The van der Waals surface area contributed by atoms with E-state index < -0.39 is 11.9 Å².